The van der Waals surface area contributed by atoms with Crippen molar-refractivity contribution < 1.29 is 4.79 Å². The molecular formula is C23H37NO. The van der Waals surface area contributed by atoms with Crippen molar-refractivity contribution in [2.75, 3.05) is 0 Å². The van der Waals surface area contributed by atoms with E-state index in [2.05, 4.69) is 39.1 Å². The third kappa shape index (κ3) is 2.53. The molecule has 0 bridgehead atoms. The molecular weight excluding hydrogens is 306 g/mol. The number of rotatable bonds is 3. The molecule has 0 spiro atoms. The van der Waals surface area contributed by atoms with Gasteiger partial charge in [-0.1, -0.05) is 46.6 Å². The summed E-state index contributed by atoms with van der Waals surface area (Å²) in [6, 6.07) is 0.350. The zero-order chi connectivity index (χ0) is 17.8. The summed E-state index contributed by atoms with van der Waals surface area (Å²) in [5, 5.41) is 3.30. The molecule has 4 rings (SSSR count). The molecule has 140 valence electrons. The Hall–Kier alpha value is -0.790. The third-order valence-corrected chi connectivity index (χ3v) is 9.16. The number of carbonyl (C=O) groups excluding carboxylic acids is 1. The molecule has 3 fully saturated rings. The molecule has 1 aliphatic heterocycles. The van der Waals surface area contributed by atoms with Crippen molar-refractivity contribution >= 4 is 5.91 Å². The van der Waals surface area contributed by atoms with Gasteiger partial charge in [0.05, 0.1) is 0 Å². The van der Waals surface area contributed by atoms with Crippen LogP contribution < -0.4 is 5.32 Å². The predicted molar refractivity (Wildman–Crippen MR) is 103 cm³/mol. The Bertz CT molecular complexity index is 568. The Labute approximate surface area is 154 Å². The maximum absolute atomic E-state index is 11.9. The van der Waals surface area contributed by atoms with Crippen LogP contribution in [0.3, 0.4) is 0 Å². The largest absolute Gasteiger partial charge is 0.349 e. The van der Waals surface area contributed by atoms with E-state index in [0.29, 0.717) is 11.5 Å². The highest BCUT2D eigenvalue weighted by Gasteiger charge is 2.61. The maximum Gasteiger partial charge on any atom is 0.243 e. The lowest BCUT2D eigenvalue weighted by molar-refractivity contribution is -0.125. The fraction of sp³-hybridized carbons (Fsp3) is 0.870. The van der Waals surface area contributed by atoms with Crippen LogP contribution >= 0.6 is 0 Å². The van der Waals surface area contributed by atoms with E-state index in [0.717, 1.165) is 29.6 Å². The highest BCUT2D eigenvalue weighted by atomic mass is 16.1. The molecule has 3 aliphatic carbocycles. The minimum atomic E-state index is 0.120. The summed E-state index contributed by atoms with van der Waals surface area (Å²) in [5.41, 5.74) is 0.753. The van der Waals surface area contributed by atoms with Gasteiger partial charge in [-0.3, -0.25) is 4.79 Å². The lowest BCUT2D eigenvalue weighted by Gasteiger charge is -2.61. The molecule has 4 aliphatic rings. The molecule has 0 aromatic rings. The van der Waals surface area contributed by atoms with Crippen LogP contribution in [0.25, 0.3) is 0 Å². The summed E-state index contributed by atoms with van der Waals surface area (Å²) >= 11 is 0. The molecule has 0 aromatic heterocycles. The SMILES string of the molecule is CCCCC1CC[C@H]2[C@@H]3C(C)CC4NC(=O)C=C[C@]4(C)[C@@H]3CC[C@]12C. The van der Waals surface area contributed by atoms with Crippen LogP contribution in [0.2, 0.25) is 0 Å². The van der Waals surface area contributed by atoms with E-state index in [1.54, 1.807) is 0 Å². The van der Waals surface area contributed by atoms with Crippen molar-refractivity contribution in [1.29, 1.82) is 0 Å². The van der Waals surface area contributed by atoms with E-state index >= 15 is 0 Å². The Morgan fingerprint density at radius 3 is 2.76 bits per heavy atom. The summed E-state index contributed by atoms with van der Waals surface area (Å²) in [4.78, 5) is 11.9. The van der Waals surface area contributed by atoms with Gasteiger partial charge in [-0.2, -0.15) is 0 Å². The monoisotopic (exact) mass is 343 g/mol. The third-order valence-electron chi connectivity index (χ3n) is 9.16. The van der Waals surface area contributed by atoms with Gasteiger partial charge in [0.2, 0.25) is 5.91 Å². The van der Waals surface area contributed by atoms with E-state index < -0.39 is 0 Å². The van der Waals surface area contributed by atoms with Crippen LogP contribution in [0.1, 0.15) is 79.1 Å². The molecule has 1 N–H and O–H groups in total. The fourth-order valence-electron chi connectivity index (χ4n) is 7.72. The first-order chi connectivity index (χ1) is 11.9. The van der Waals surface area contributed by atoms with Gasteiger partial charge in [0.1, 0.15) is 0 Å². The summed E-state index contributed by atoms with van der Waals surface area (Å²) in [6.45, 7) is 9.89. The zero-order valence-electron chi connectivity index (χ0n) is 16.7. The lowest BCUT2D eigenvalue weighted by atomic mass is 9.45. The topological polar surface area (TPSA) is 29.1 Å². The van der Waals surface area contributed by atoms with Gasteiger partial charge < -0.3 is 5.32 Å². The first kappa shape index (κ1) is 17.6. The van der Waals surface area contributed by atoms with E-state index in [-0.39, 0.29) is 11.3 Å². The number of amides is 1. The summed E-state index contributed by atoms with van der Waals surface area (Å²) in [6.07, 6.45) is 15.1. The standard InChI is InChI=1S/C23H37NO/c1-5-6-7-16-8-9-17-21-15(2)14-19-23(4,13-11-20(25)24-19)18(21)10-12-22(16,17)3/h11,13,15-19,21H,5-10,12,14H2,1-4H3,(H,24,25)/t15?,16?,17-,18+,19?,21-,22+,23+/m0/s1. The first-order valence-electron chi connectivity index (χ1n) is 10.9. The normalized spacial score (nSPS) is 51.4. The van der Waals surface area contributed by atoms with Gasteiger partial charge in [0.15, 0.2) is 0 Å². The van der Waals surface area contributed by atoms with Crippen LogP contribution in [0.4, 0.5) is 0 Å². The molecule has 2 nitrogen and oxygen atoms in total. The summed E-state index contributed by atoms with van der Waals surface area (Å²) < 4.78 is 0. The van der Waals surface area contributed by atoms with Crippen molar-refractivity contribution in [1.82, 2.24) is 5.32 Å². The second kappa shape index (κ2) is 6.13. The van der Waals surface area contributed by atoms with Gasteiger partial charge in [-0.25, -0.2) is 0 Å². The minimum Gasteiger partial charge on any atom is -0.349 e. The average molecular weight is 344 g/mol. The molecule has 2 heteroatoms. The second-order valence-corrected chi connectivity index (χ2v) is 10.2. The van der Waals surface area contributed by atoms with Gasteiger partial charge in [0.25, 0.3) is 0 Å². The predicted octanol–water partition coefficient (Wildman–Crippen LogP) is 5.34. The van der Waals surface area contributed by atoms with E-state index in [1.165, 1.54) is 51.4 Å². The van der Waals surface area contributed by atoms with Crippen molar-refractivity contribution in [3.8, 4) is 0 Å². The van der Waals surface area contributed by atoms with E-state index in [1.807, 2.05) is 6.08 Å². The number of carbonyl (C=O) groups is 1. The van der Waals surface area contributed by atoms with Crippen LogP contribution in [0.5, 0.6) is 0 Å². The zero-order valence-corrected chi connectivity index (χ0v) is 16.7. The van der Waals surface area contributed by atoms with Gasteiger partial charge in [0, 0.05) is 11.5 Å². The molecule has 0 radical (unpaired) electrons. The summed E-state index contributed by atoms with van der Waals surface area (Å²) in [7, 11) is 0. The van der Waals surface area contributed by atoms with E-state index in [9.17, 15) is 4.79 Å². The van der Waals surface area contributed by atoms with Crippen molar-refractivity contribution in [2.24, 2.45) is 40.4 Å². The summed E-state index contributed by atoms with van der Waals surface area (Å²) in [5.74, 6) is 4.33. The molecule has 0 saturated heterocycles. The smallest absolute Gasteiger partial charge is 0.243 e. The Morgan fingerprint density at radius 2 is 2.00 bits per heavy atom. The Balaban J connectivity index is 1.63. The molecule has 0 aromatic carbocycles. The molecule has 1 amide bonds. The first-order valence-corrected chi connectivity index (χ1v) is 10.9. The fourth-order valence-corrected chi connectivity index (χ4v) is 7.72. The molecule has 3 unspecified atom stereocenters. The van der Waals surface area contributed by atoms with Crippen molar-refractivity contribution in [3.63, 3.8) is 0 Å². The maximum atomic E-state index is 11.9. The number of hydrogen-bond donors (Lipinski definition) is 1. The number of unbranched alkanes of at least 4 members (excludes halogenated alkanes) is 1. The Morgan fingerprint density at radius 1 is 1.20 bits per heavy atom. The number of hydrogen-bond acceptors (Lipinski definition) is 1. The molecule has 3 saturated carbocycles. The highest BCUT2D eigenvalue weighted by molar-refractivity contribution is 5.89. The van der Waals surface area contributed by atoms with Gasteiger partial charge in [-0.05, 0) is 79.6 Å². The van der Waals surface area contributed by atoms with Crippen molar-refractivity contribution in [2.45, 2.75) is 85.1 Å². The van der Waals surface area contributed by atoms with Gasteiger partial charge in [-0.15, -0.1) is 0 Å². The van der Waals surface area contributed by atoms with Crippen LogP contribution in [-0.4, -0.2) is 11.9 Å². The number of nitrogens with one attached hydrogen (secondary N) is 1. The van der Waals surface area contributed by atoms with E-state index in [4.69, 9.17) is 0 Å². The quantitative estimate of drug-likeness (QED) is 0.736. The highest BCUT2D eigenvalue weighted by Crippen LogP contribution is 2.66. The van der Waals surface area contributed by atoms with Crippen LogP contribution in [0, 0.1) is 40.4 Å². The molecule has 1 heterocycles. The molecule has 25 heavy (non-hydrogen) atoms. The minimum absolute atomic E-state index is 0.120. The van der Waals surface area contributed by atoms with Gasteiger partial charge >= 0.3 is 0 Å². The lowest BCUT2D eigenvalue weighted by Crippen LogP contribution is -2.61. The molecule has 8 atom stereocenters. The second-order valence-electron chi connectivity index (χ2n) is 10.2. The Kier molecular flexibility index (Phi) is 4.32. The van der Waals surface area contributed by atoms with Crippen LogP contribution in [-0.2, 0) is 4.79 Å². The van der Waals surface area contributed by atoms with Crippen LogP contribution in [0.15, 0.2) is 12.2 Å². The average Bonchev–Trinajstić information content (AvgIpc) is 2.91. The van der Waals surface area contributed by atoms with Crippen molar-refractivity contribution in [3.05, 3.63) is 12.2 Å². The number of fused-ring (bicyclic) bond motifs is 5.